The van der Waals surface area contributed by atoms with E-state index in [0.29, 0.717) is 0 Å². The first-order chi connectivity index (χ1) is 4.34. The van der Waals surface area contributed by atoms with Crippen LogP contribution in [-0.4, -0.2) is 6.17 Å². The topological polar surface area (TPSA) is 0 Å². The molecule has 0 bridgehead atoms. The molecule has 0 aromatic heterocycles. The van der Waals surface area contributed by atoms with Gasteiger partial charge in [0.15, 0.2) is 0 Å². The zero-order chi connectivity index (χ0) is 6.69. The quantitative estimate of drug-likeness (QED) is 0.510. The van der Waals surface area contributed by atoms with Gasteiger partial charge < -0.3 is 0 Å². The lowest BCUT2D eigenvalue weighted by Crippen LogP contribution is -2.19. The molecule has 0 aromatic carbocycles. The molecule has 0 heterocycles. The van der Waals surface area contributed by atoms with Crippen molar-refractivity contribution in [3.05, 3.63) is 6.92 Å². The zero-order valence-electron chi connectivity index (χ0n) is 5.78. The van der Waals surface area contributed by atoms with Crippen LogP contribution >= 0.6 is 0 Å². The average Bonchev–Trinajstić information content (AvgIpc) is 1.89. The van der Waals surface area contributed by atoms with Gasteiger partial charge >= 0.3 is 0 Å². The monoisotopic (exact) mass is 129 g/mol. The summed E-state index contributed by atoms with van der Waals surface area (Å²) in [5.41, 5.74) is 0. The molecule has 1 rings (SSSR count). The number of hydrogen-bond donors (Lipinski definition) is 0. The van der Waals surface area contributed by atoms with Crippen LogP contribution in [0.1, 0.15) is 32.1 Å². The van der Waals surface area contributed by atoms with E-state index >= 15 is 0 Å². The summed E-state index contributed by atoms with van der Waals surface area (Å²) < 4.78 is 12.8. The molecule has 0 aromatic rings. The molecule has 2 atom stereocenters. The van der Waals surface area contributed by atoms with Crippen molar-refractivity contribution in [3.8, 4) is 0 Å². The van der Waals surface area contributed by atoms with Crippen LogP contribution in [0.15, 0.2) is 0 Å². The summed E-state index contributed by atoms with van der Waals surface area (Å²) in [4.78, 5) is 0. The molecule has 1 aliphatic rings. The molecule has 1 aliphatic carbocycles. The second kappa shape index (κ2) is 3.19. The first-order valence-electron chi connectivity index (χ1n) is 3.78. The predicted molar refractivity (Wildman–Crippen MR) is 36.8 cm³/mol. The minimum absolute atomic E-state index is 0.277. The number of rotatable bonds is 1. The van der Waals surface area contributed by atoms with Gasteiger partial charge in [0.1, 0.15) is 6.17 Å². The van der Waals surface area contributed by atoms with Crippen LogP contribution in [0.5, 0.6) is 0 Å². The lowest BCUT2D eigenvalue weighted by atomic mass is 9.86. The van der Waals surface area contributed by atoms with Crippen LogP contribution in [0.2, 0.25) is 0 Å². The minimum atomic E-state index is -0.545. The summed E-state index contributed by atoms with van der Waals surface area (Å²) in [6, 6.07) is 0. The molecule has 1 radical (unpaired) electrons. The summed E-state index contributed by atoms with van der Waals surface area (Å²) in [5, 5.41) is 0. The van der Waals surface area contributed by atoms with E-state index in [2.05, 4.69) is 6.92 Å². The molecule has 0 N–H and O–H groups in total. The van der Waals surface area contributed by atoms with Crippen molar-refractivity contribution in [1.29, 1.82) is 0 Å². The van der Waals surface area contributed by atoms with Crippen LogP contribution in [-0.2, 0) is 0 Å². The van der Waals surface area contributed by atoms with E-state index < -0.39 is 6.17 Å². The van der Waals surface area contributed by atoms with Crippen LogP contribution in [0.4, 0.5) is 4.39 Å². The maximum atomic E-state index is 12.8. The third-order valence-electron chi connectivity index (χ3n) is 2.19. The summed E-state index contributed by atoms with van der Waals surface area (Å²) >= 11 is 0. The van der Waals surface area contributed by atoms with Gasteiger partial charge in [-0.05, 0) is 25.2 Å². The van der Waals surface area contributed by atoms with Crippen molar-refractivity contribution in [3.63, 3.8) is 0 Å². The van der Waals surface area contributed by atoms with E-state index in [9.17, 15) is 4.39 Å². The molecule has 0 amide bonds. The van der Waals surface area contributed by atoms with E-state index in [1.54, 1.807) is 0 Å². The number of halogens is 1. The highest BCUT2D eigenvalue weighted by molar-refractivity contribution is 4.74. The van der Waals surface area contributed by atoms with Gasteiger partial charge in [-0.3, -0.25) is 0 Å². The Morgan fingerprint density at radius 2 is 2.00 bits per heavy atom. The second-order valence-corrected chi connectivity index (χ2v) is 2.85. The Hall–Kier alpha value is -0.0700. The van der Waals surface area contributed by atoms with E-state index in [1.807, 2.05) is 0 Å². The Morgan fingerprint density at radius 3 is 2.44 bits per heavy atom. The Labute approximate surface area is 56.5 Å². The van der Waals surface area contributed by atoms with Gasteiger partial charge in [0.05, 0.1) is 0 Å². The molecule has 0 spiro atoms. The van der Waals surface area contributed by atoms with Crippen LogP contribution in [0.3, 0.4) is 0 Å². The number of hydrogen-bond acceptors (Lipinski definition) is 0. The second-order valence-electron chi connectivity index (χ2n) is 2.85. The van der Waals surface area contributed by atoms with Gasteiger partial charge in [0.25, 0.3) is 0 Å². The van der Waals surface area contributed by atoms with Crippen molar-refractivity contribution >= 4 is 0 Å². The van der Waals surface area contributed by atoms with Crippen molar-refractivity contribution in [1.82, 2.24) is 0 Å². The van der Waals surface area contributed by atoms with E-state index in [0.717, 1.165) is 25.7 Å². The fourth-order valence-electron chi connectivity index (χ4n) is 1.49. The molecule has 1 fully saturated rings. The summed E-state index contributed by atoms with van der Waals surface area (Å²) in [5.74, 6) is 0.277. The molecule has 9 heavy (non-hydrogen) atoms. The van der Waals surface area contributed by atoms with Crippen LogP contribution < -0.4 is 0 Å². The third kappa shape index (κ3) is 1.67. The third-order valence-corrected chi connectivity index (χ3v) is 2.19. The molecule has 0 saturated heterocycles. The fraction of sp³-hybridized carbons (Fsp3) is 0.875. The maximum Gasteiger partial charge on any atom is 0.103 e. The molecule has 0 aliphatic heterocycles. The first-order valence-corrected chi connectivity index (χ1v) is 3.78. The molecule has 0 nitrogen and oxygen atoms in total. The summed E-state index contributed by atoms with van der Waals surface area (Å²) in [6.45, 7) is 3.72. The molecule has 1 heteroatoms. The lowest BCUT2D eigenvalue weighted by molar-refractivity contribution is 0.167. The predicted octanol–water partition coefficient (Wildman–Crippen LogP) is 2.74. The lowest BCUT2D eigenvalue weighted by Gasteiger charge is -2.23. The highest BCUT2D eigenvalue weighted by Gasteiger charge is 2.22. The molecular weight excluding hydrogens is 115 g/mol. The zero-order valence-corrected chi connectivity index (χ0v) is 5.78. The van der Waals surface area contributed by atoms with Crippen molar-refractivity contribution in [2.24, 2.45) is 5.92 Å². The van der Waals surface area contributed by atoms with Crippen molar-refractivity contribution in [2.45, 2.75) is 38.3 Å². The smallest absolute Gasteiger partial charge is 0.103 e. The Kier molecular flexibility index (Phi) is 2.49. The molecule has 1 saturated carbocycles. The molecular formula is C8H14F. The van der Waals surface area contributed by atoms with Crippen LogP contribution in [0, 0.1) is 12.8 Å². The van der Waals surface area contributed by atoms with Gasteiger partial charge in [0, 0.05) is 0 Å². The largest absolute Gasteiger partial charge is 0.247 e. The summed E-state index contributed by atoms with van der Waals surface area (Å²) in [7, 11) is 0. The summed E-state index contributed by atoms with van der Waals surface area (Å²) in [6.07, 6.45) is 4.36. The van der Waals surface area contributed by atoms with Crippen molar-refractivity contribution < 1.29 is 4.39 Å². The van der Waals surface area contributed by atoms with Gasteiger partial charge in [-0.1, -0.05) is 19.8 Å². The highest BCUT2D eigenvalue weighted by Crippen LogP contribution is 2.28. The average molecular weight is 129 g/mol. The highest BCUT2D eigenvalue weighted by atomic mass is 19.1. The van der Waals surface area contributed by atoms with Crippen LogP contribution in [0.25, 0.3) is 0 Å². The van der Waals surface area contributed by atoms with Gasteiger partial charge in [-0.15, -0.1) is 0 Å². The van der Waals surface area contributed by atoms with E-state index in [-0.39, 0.29) is 5.92 Å². The normalized spacial score (nSPS) is 36.7. The van der Waals surface area contributed by atoms with Gasteiger partial charge in [-0.25, -0.2) is 4.39 Å². The number of alkyl halides is 1. The Morgan fingerprint density at radius 1 is 1.33 bits per heavy atom. The molecule has 2 unspecified atom stereocenters. The van der Waals surface area contributed by atoms with Crippen molar-refractivity contribution in [2.75, 3.05) is 0 Å². The SMILES string of the molecule is [CH2]CC1CCCCC1F. The minimum Gasteiger partial charge on any atom is -0.247 e. The Balaban J connectivity index is 2.30. The standard InChI is InChI=1S/C8H14F/c1-2-7-5-3-4-6-8(7)9/h7-8H,1-6H2. The van der Waals surface area contributed by atoms with E-state index in [1.165, 1.54) is 6.42 Å². The first kappa shape index (κ1) is 7.04. The van der Waals surface area contributed by atoms with Gasteiger partial charge in [0.2, 0.25) is 0 Å². The van der Waals surface area contributed by atoms with Gasteiger partial charge in [-0.2, -0.15) is 0 Å². The Bertz CT molecular complexity index is 80.6. The van der Waals surface area contributed by atoms with E-state index in [4.69, 9.17) is 0 Å². The maximum absolute atomic E-state index is 12.8. The fourth-order valence-corrected chi connectivity index (χ4v) is 1.49. The molecule has 53 valence electrons.